The Labute approximate surface area is 168 Å². The van der Waals surface area contributed by atoms with E-state index >= 15 is 0 Å². The van der Waals surface area contributed by atoms with Crippen molar-refractivity contribution in [3.63, 3.8) is 0 Å². The minimum Gasteiger partial charge on any atom is -0.367 e. The predicted octanol–water partition coefficient (Wildman–Crippen LogP) is 2.30. The van der Waals surface area contributed by atoms with Crippen LogP contribution in [0.3, 0.4) is 0 Å². The Hall–Kier alpha value is -2.31. The van der Waals surface area contributed by atoms with Gasteiger partial charge in [-0.1, -0.05) is 13.8 Å². The first-order valence-corrected chi connectivity index (χ1v) is 10.4. The van der Waals surface area contributed by atoms with Gasteiger partial charge in [-0.3, -0.25) is 9.59 Å². The summed E-state index contributed by atoms with van der Waals surface area (Å²) in [7, 11) is 0. The molecule has 0 radical (unpaired) electrons. The minimum atomic E-state index is 0.141. The molecular weight excluding hydrogens is 354 g/mol. The SMILES string of the molecule is CC(=O)N1CCC(Nc2cc(C(C)C)cc(N3CCN(C(C)=O)CC3)n2)CC1. The third kappa shape index (κ3) is 4.94. The van der Waals surface area contributed by atoms with Crippen LogP contribution in [0.2, 0.25) is 0 Å². The van der Waals surface area contributed by atoms with E-state index in [1.54, 1.807) is 13.8 Å². The minimum absolute atomic E-state index is 0.141. The van der Waals surface area contributed by atoms with Crippen molar-refractivity contribution in [3.8, 4) is 0 Å². The molecule has 2 fully saturated rings. The quantitative estimate of drug-likeness (QED) is 0.859. The van der Waals surface area contributed by atoms with Crippen molar-refractivity contribution in [3.05, 3.63) is 17.7 Å². The lowest BCUT2D eigenvalue weighted by atomic mass is 10.0. The van der Waals surface area contributed by atoms with E-state index in [9.17, 15) is 9.59 Å². The van der Waals surface area contributed by atoms with E-state index in [-0.39, 0.29) is 11.8 Å². The summed E-state index contributed by atoms with van der Waals surface area (Å²) in [5.41, 5.74) is 1.27. The fraction of sp³-hybridized carbons (Fsp3) is 0.667. The molecule has 0 aromatic carbocycles. The van der Waals surface area contributed by atoms with Crippen LogP contribution < -0.4 is 10.2 Å². The number of piperazine rings is 1. The second kappa shape index (κ2) is 8.80. The highest BCUT2D eigenvalue weighted by Gasteiger charge is 2.23. The number of hydrogen-bond acceptors (Lipinski definition) is 5. The van der Waals surface area contributed by atoms with Crippen LogP contribution in [-0.4, -0.2) is 71.9 Å². The van der Waals surface area contributed by atoms with Gasteiger partial charge in [0.2, 0.25) is 11.8 Å². The van der Waals surface area contributed by atoms with Gasteiger partial charge in [-0.25, -0.2) is 4.98 Å². The van der Waals surface area contributed by atoms with Crippen LogP contribution in [0.15, 0.2) is 12.1 Å². The predicted molar refractivity (Wildman–Crippen MR) is 112 cm³/mol. The van der Waals surface area contributed by atoms with E-state index in [0.717, 1.165) is 63.7 Å². The van der Waals surface area contributed by atoms with Crippen LogP contribution in [-0.2, 0) is 9.59 Å². The number of anilines is 2. The number of pyridine rings is 1. The third-order valence-electron chi connectivity index (χ3n) is 5.84. The van der Waals surface area contributed by atoms with Crippen LogP contribution in [0.1, 0.15) is 52.0 Å². The molecule has 1 N–H and O–H groups in total. The average Bonchev–Trinajstić information content (AvgIpc) is 2.68. The number of piperidine rings is 1. The maximum absolute atomic E-state index is 11.6. The van der Waals surface area contributed by atoms with Gasteiger partial charge in [-0.15, -0.1) is 0 Å². The molecule has 2 amide bonds. The number of amides is 2. The Bertz CT molecular complexity index is 705. The number of nitrogens with one attached hydrogen (secondary N) is 1. The van der Waals surface area contributed by atoms with Gasteiger partial charge in [0.1, 0.15) is 11.6 Å². The standard InChI is InChI=1S/C21H33N5O2/c1-15(2)18-13-20(22-19-5-7-24(8-6-19)16(3)27)23-21(14-18)26-11-9-25(10-12-26)17(4)28/h13-15,19H,5-12H2,1-4H3,(H,22,23). The zero-order chi connectivity index (χ0) is 20.3. The molecular formula is C21H33N5O2. The monoisotopic (exact) mass is 387 g/mol. The Kier molecular flexibility index (Phi) is 6.42. The summed E-state index contributed by atoms with van der Waals surface area (Å²) in [5, 5.41) is 3.60. The summed E-state index contributed by atoms with van der Waals surface area (Å²) < 4.78 is 0. The number of likely N-dealkylation sites (tertiary alicyclic amines) is 1. The van der Waals surface area contributed by atoms with Gasteiger partial charge in [0.15, 0.2) is 0 Å². The van der Waals surface area contributed by atoms with Crippen molar-refractivity contribution in [2.75, 3.05) is 49.5 Å². The molecule has 2 saturated heterocycles. The highest BCUT2D eigenvalue weighted by atomic mass is 16.2. The normalized spacial score (nSPS) is 18.5. The molecule has 3 heterocycles. The van der Waals surface area contributed by atoms with Gasteiger partial charge in [0.05, 0.1) is 0 Å². The van der Waals surface area contributed by atoms with E-state index in [2.05, 4.69) is 36.2 Å². The lowest BCUT2D eigenvalue weighted by molar-refractivity contribution is -0.130. The molecule has 28 heavy (non-hydrogen) atoms. The molecule has 0 bridgehead atoms. The lowest BCUT2D eigenvalue weighted by Crippen LogP contribution is -2.48. The van der Waals surface area contributed by atoms with Gasteiger partial charge in [-0.05, 0) is 36.5 Å². The van der Waals surface area contributed by atoms with Crippen LogP contribution >= 0.6 is 0 Å². The van der Waals surface area contributed by atoms with Crippen LogP contribution in [0, 0.1) is 0 Å². The van der Waals surface area contributed by atoms with E-state index in [4.69, 9.17) is 4.98 Å². The maximum atomic E-state index is 11.6. The zero-order valence-electron chi connectivity index (χ0n) is 17.6. The summed E-state index contributed by atoms with van der Waals surface area (Å²) in [6.45, 7) is 12.4. The number of aromatic nitrogens is 1. The van der Waals surface area contributed by atoms with Crippen molar-refractivity contribution in [1.29, 1.82) is 0 Å². The highest BCUT2D eigenvalue weighted by molar-refractivity contribution is 5.74. The maximum Gasteiger partial charge on any atom is 0.219 e. The molecule has 7 heteroatoms. The van der Waals surface area contributed by atoms with Gasteiger partial charge < -0.3 is 20.0 Å². The number of carbonyl (C=O) groups is 2. The highest BCUT2D eigenvalue weighted by Crippen LogP contribution is 2.26. The number of carbonyl (C=O) groups excluding carboxylic acids is 2. The average molecular weight is 388 g/mol. The van der Waals surface area contributed by atoms with Crippen LogP contribution in [0.25, 0.3) is 0 Å². The first-order chi connectivity index (χ1) is 13.3. The summed E-state index contributed by atoms with van der Waals surface area (Å²) in [5.74, 6) is 2.61. The molecule has 0 saturated carbocycles. The number of rotatable bonds is 4. The molecule has 2 aliphatic heterocycles. The molecule has 0 spiro atoms. The van der Waals surface area contributed by atoms with Crippen molar-refractivity contribution in [2.45, 2.75) is 52.5 Å². The Morgan fingerprint density at radius 2 is 1.54 bits per heavy atom. The van der Waals surface area contributed by atoms with Gasteiger partial charge >= 0.3 is 0 Å². The van der Waals surface area contributed by atoms with E-state index in [1.807, 2.05) is 9.80 Å². The summed E-state index contributed by atoms with van der Waals surface area (Å²) in [6, 6.07) is 4.67. The van der Waals surface area contributed by atoms with Crippen LogP contribution in [0.4, 0.5) is 11.6 Å². The molecule has 0 aliphatic carbocycles. The van der Waals surface area contributed by atoms with E-state index < -0.39 is 0 Å². The summed E-state index contributed by atoms with van der Waals surface area (Å²) >= 11 is 0. The van der Waals surface area contributed by atoms with E-state index in [0.29, 0.717) is 12.0 Å². The summed E-state index contributed by atoms with van der Waals surface area (Å²) in [6.07, 6.45) is 1.89. The van der Waals surface area contributed by atoms with Crippen molar-refractivity contribution < 1.29 is 9.59 Å². The molecule has 3 rings (SSSR count). The fourth-order valence-electron chi connectivity index (χ4n) is 3.90. The molecule has 1 aromatic rings. The van der Waals surface area contributed by atoms with Gasteiger partial charge in [0, 0.05) is 59.2 Å². The number of nitrogens with zero attached hydrogens (tertiary/aromatic N) is 4. The molecule has 7 nitrogen and oxygen atoms in total. The van der Waals surface area contributed by atoms with Crippen molar-refractivity contribution in [2.24, 2.45) is 0 Å². The molecule has 154 valence electrons. The second-order valence-corrected chi connectivity index (χ2v) is 8.22. The second-order valence-electron chi connectivity index (χ2n) is 8.22. The summed E-state index contributed by atoms with van der Waals surface area (Å²) in [4.78, 5) is 34.1. The molecule has 0 unspecified atom stereocenters. The Balaban J connectivity index is 1.70. The fourth-order valence-corrected chi connectivity index (χ4v) is 3.90. The first-order valence-electron chi connectivity index (χ1n) is 10.4. The van der Waals surface area contributed by atoms with Crippen molar-refractivity contribution in [1.82, 2.24) is 14.8 Å². The largest absolute Gasteiger partial charge is 0.367 e. The van der Waals surface area contributed by atoms with Crippen molar-refractivity contribution >= 4 is 23.5 Å². The number of hydrogen-bond donors (Lipinski definition) is 1. The smallest absolute Gasteiger partial charge is 0.219 e. The molecule has 0 atom stereocenters. The first kappa shape index (κ1) is 20.4. The van der Waals surface area contributed by atoms with Gasteiger partial charge in [-0.2, -0.15) is 0 Å². The third-order valence-corrected chi connectivity index (χ3v) is 5.84. The lowest BCUT2D eigenvalue weighted by Gasteiger charge is -2.36. The van der Waals surface area contributed by atoms with E-state index in [1.165, 1.54) is 5.56 Å². The molecule has 1 aromatic heterocycles. The van der Waals surface area contributed by atoms with Crippen LogP contribution in [0.5, 0.6) is 0 Å². The Morgan fingerprint density at radius 3 is 2.07 bits per heavy atom. The topological polar surface area (TPSA) is 68.8 Å². The molecule has 2 aliphatic rings. The Morgan fingerprint density at radius 1 is 0.964 bits per heavy atom. The zero-order valence-corrected chi connectivity index (χ0v) is 17.6. The van der Waals surface area contributed by atoms with Gasteiger partial charge in [0.25, 0.3) is 0 Å².